The first-order valence-electron chi connectivity index (χ1n) is 7.27. The number of anilines is 1. The zero-order chi connectivity index (χ0) is 14.4. The third-order valence-corrected chi connectivity index (χ3v) is 3.81. The number of aryl methyl sites for hydroxylation is 1. The van der Waals surface area contributed by atoms with E-state index in [-0.39, 0.29) is 11.8 Å². The highest BCUT2D eigenvalue weighted by molar-refractivity contribution is 5.92. The van der Waals surface area contributed by atoms with Crippen LogP contribution in [0.4, 0.5) is 5.69 Å². The van der Waals surface area contributed by atoms with Gasteiger partial charge in [0, 0.05) is 11.6 Å². The van der Waals surface area contributed by atoms with Crippen molar-refractivity contribution in [1.82, 2.24) is 4.90 Å². The summed E-state index contributed by atoms with van der Waals surface area (Å²) < 4.78 is 0. The average Bonchev–Trinajstić information content (AvgIpc) is 2.48. The standard InChI is InChI=1S/C16H22N2O2/c1-2-13-4-3-5-15(10-13)17-16(20)11-18-8-6-14(12-19)7-9-18/h3-5,10,12,14H,2,6-9,11H2,1H3,(H,17,20). The number of amides is 1. The van der Waals surface area contributed by atoms with Crippen LogP contribution >= 0.6 is 0 Å². The maximum Gasteiger partial charge on any atom is 0.238 e. The molecular weight excluding hydrogens is 252 g/mol. The Morgan fingerprint density at radius 2 is 2.15 bits per heavy atom. The number of rotatable bonds is 5. The molecule has 1 aromatic carbocycles. The van der Waals surface area contributed by atoms with Gasteiger partial charge in [-0.1, -0.05) is 19.1 Å². The Labute approximate surface area is 120 Å². The first-order valence-corrected chi connectivity index (χ1v) is 7.27. The van der Waals surface area contributed by atoms with Crippen LogP contribution in [-0.2, 0) is 16.0 Å². The van der Waals surface area contributed by atoms with Gasteiger partial charge in [-0.05, 0) is 50.0 Å². The molecule has 0 saturated carbocycles. The summed E-state index contributed by atoms with van der Waals surface area (Å²) >= 11 is 0. The lowest BCUT2D eigenvalue weighted by atomic mass is 9.99. The molecule has 1 heterocycles. The molecule has 0 unspecified atom stereocenters. The summed E-state index contributed by atoms with van der Waals surface area (Å²) in [6.45, 7) is 4.15. The Kier molecular flexibility index (Phi) is 5.30. The molecule has 1 N–H and O–H groups in total. The Morgan fingerprint density at radius 3 is 2.80 bits per heavy atom. The quantitative estimate of drug-likeness (QED) is 0.837. The molecule has 4 heteroatoms. The van der Waals surface area contributed by atoms with Crippen LogP contribution in [-0.4, -0.2) is 36.7 Å². The Hall–Kier alpha value is -1.68. The number of piperidine rings is 1. The third kappa shape index (κ3) is 4.17. The van der Waals surface area contributed by atoms with Crippen LogP contribution in [0.5, 0.6) is 0 Å². The van der Waals surface area contributed by atoms with Gasteiger partial charge >= 0.3 is 0 Å². The lowest BCUT2D eigenvalue weighted by Gasteiger charge is -2.28. The van der Waals surface area contributed by atoms with E-state index in [9.17, 15) is 9.59 Å². The second kappa shape index (κ2) is 7.20. The fourth-order valence-corrected chi connectivity index (χ4v) is 2.52. The zero-order valence-electron chi connectivity index (χ0n) is 12.0. The largest absolute Gasteiger partial charge is 0.325 e. The van der Waals surface area contributed by atoms with E-state index in [1.54, 1.807) is 0 Å². The van der Waals surface area contributed by atoms with Gasteiger partial charge in [-0.25, -0.2) is 0 Å². The minimum absolute atomic E-state index is 0.0165. The number of nitrogens with zero attached hydrogens (tertiary/aromatic N) is 1. The first kappa shape index (κ1) is 14.7. The minimum Gasteiger partial charge on any atom is -0.325 e. The van der Waals surface area contributed by atoms with E-state index in [0.29, 0.717) is 6.54 Å². The van der Waals surface area contributed by atoms with Gasteiger partial charge < -0.3 is 10.1 Å². The lowest BCUT2D eigenvalue weighted by molar-refractivity contribution is -0.117. The molecule has 1 aliphatic heterocycles. The Morgan fingerprint density at radius 1 is 1.40 bits per heavy atom. The van der Waals surface area contributed by atoms with Crippen molar-refractivity contribution in [2.24, 2.45) is 5.92 Å². The third-order valence-electron chi connectivity index (χ3n) is 3.81. The highest BCUT2D eigenvalue weighted by Gasteiger charge is 2.20. The van der Waals surface area contributed by atoms with Crippen LogP contribution in [0.1, 0.15) is 25.3 Å². The molecule has 0 spiro atoms. The molecule has 0 bridgehead atoms. The summed E-state index contributed by atoms with van der Waals surface area (Å²) in [5.41, 5.74) is 2.08. The molecule has 20 heavy (non-hydrogen) atoms. The van der Waals surface area contributed by atoms with Crippen LogP contribution in [0.15, 0.2) is 24.3 Å². The van der Waals surface area contributed by atoms with E-state index in [2.05, 4.69) is 23.2 Å². The van der Waals surface area contributed by atoms with Crippen molar-refractivity contribution in [2.75, 3.05) is 25.0 Å². The summed E-state index contributed by atoms with van der Waals surface area (Å²) in [5.74, 6) is 0.193. The monoisotopic (exact) mass is 274 g/mol. The van der Waals surface area contributed by atoms with Crippen molar-refractivity contribution >= 4 is 17.9 Å². The highest BCUT2D eigenvalue weighted by atomic mass is 16.2. The number of carbonyl (C=O) groups is 2. The number of nitrogens with one attached hydrogen (secondary N) is 1. The second-order valence-electron chi connectivity index (χ2n) is 5.35. The maximum absolute atomic E-state index is 12.0. The zero-order valence-corrected chi connectivity index (χ0v) is 12.0. The Bertz CT molecular complexity index is 465. The maximum atomic E-state index is 12.0. The van der Waals surface area contributed by atoms with Gasteiger partial charge in [0.1, 0.15) is 6.29 Å². The molecule has 1 fully saturated rings. The molecule has 0 radical (unpaired) electrons. The smallest absolute Gasteiger partial charge is 0.238 e. The summed E-state index contributed by atoms with van der Waals surface area (Å²) in [5, 5.41) is 2.94. The van der Waals surface area contributed by atoms with Crippen LogP contribution < -0.4 is 5.32 Å². The fraction of sp³-hybridized carbons (Fsp3) is 0.500. The molecule has 1 amide bonds. The number of hydrogen-bond acceptors (Lipinski definition) is 3. The van der Waals surface area contributed by atoms with Crippen molar-refractivity contribution in [3.05, 3.63) is 29.8 Å². The van der Waals surface area contributed by atoms with Crippen molar-refractivity contribution in [2.45, 2.75) is 26.2 Å². The van der Waals surface area contributed by atoms with Gasteiger partial charge in [-0.2, -0.15) is 0 Å². The van der Waals surface area contributed by atoms with Crippen LogP contribution in [0.3, 0.4) is 0 Å². The van der Waals surface area contributed by atoms with Gasteiger partial charge in [0.15, 0.2) is 0 Å². The summed E-state index contributed by atoms with van der Waals surface area (Å²) in [6, 6.07) is 7.94. The lowest BCUT2D eigenvalue weighted by Crippen LogP contribution is -2.39. The minimum atomic E-state index is 0.0165. The van der Waals surface area contributed by atoms with E-state index in [4.69, 9.17) is 0 Å². The van der Waals surface area contributed by atoms with Crippen molar-refractivity contribution in [3.8, 4) is 0 Å². The molecule has 1 saturated heterocycles. The second-order valence-corrected chi connectivity index (χ2v) is 5.35. The summed E-state index contributed by atoms with van der Waals surface area (Å²) in [7, 11) is 0. The van der Waals surface area contributed by atoms with Gasteiger partial charge in [0.05, 0.1) is 6.54 Å². The van der Waals surface area contributed by atoms with E-state index < -0.39 is 0 Å². The van der Waals surface area contributed by atoms with Gasteiger partial charge in [0.2, 0.25) is 5.91 Å². The number of benzene rings is 1. The van der Waals surface area contributed by atoms with E-state index in [0.717, 1.165) is 44.3 Å². The normalized spacial score (nSPS) is 16.9. The molecule has 1 aromatic rings. The molecule has 4 nitrogen and oxygen atoms in total. The van der Waals surface area contributed by atoms with Crippen LogP contribution in [0.2, 0.25) is 0 Å². The SMILES string of the molecule is CCc1cccc(NC(=O)CN2CCC(C=O)CC2)c1. The van der Waals surface area contributed by atoms with Crippen molar-refractivity contribution < 1.29 is 9.59 Å². The van der Waals surface area contributed by atoms with E-state index >= 15 is 0 Å². The first-order chi connectivity index (χ1) is 9.71. The molecule has 108 valence electrons. The number of aldehydes is 1. The fourth-order valence-electron chi connectivity index (χ4n) is 2.52. The van der Waals surface area contributed by atoms with Crippen LogP contribution in [0, 0.1) is 5.92 Å². The predicted octanol–water partition coefficient (Wildman–Crippen LogP) is 2.10. The summed E-state index contributed by atoms with van der Waals surface area (Å²) in [4.78, 5) is 24.8. The van der Waals surface area contributed by atoms with Gasteiger partial charge in [0.25, 0.3) is 0 Å². The highest BCUT2D eigenvalue weighted by Crippen LogP contribution is 2.15. The Balaban J connectivity index is 1.82. The van der Waals surface area contributed by atoms with E-state index in [1.165, 1.54) is 5.56 Å². The molecule has 0 aromatic heterocycles. The van der Waals surface area contributed by atoms with Crippen molar-refractivity contribution in [1.29, 1.82) is 0 Å². The number of hydrogen-bond donors (Lipinski definition) is 1. The van der Waals surface area contributed by atoms with Crippen molar-refractivity contribution in [3.63, 3.8) is 0 Å². The van der Waals surface area contributed by atoms with E-state index in [1.807, 2.05) is 18.2 Å². The number of carbonyl (C=O) groups excluding carboxylic acids is 2. The molecule has 0 atom stereocenters. The molecule has 2 rings (SSSR count). The van der Waals surface area contributed by atoms with Crippen LogP contribution in [0.25, 0.3) is 0 Å². The predicted molar refractivity (Wildman–Crippen MR) is 79.7 cm³/mol. The molecular formula is C16H22N2O2. The molecule has 0 aliphatic carbocycles. The average molecular weight is 274 g/mol. The summed E-state index contributed by atoms with van der Waals surface area (Å²) in [6.07, 6.45) is 3.72. The number of likely N-dealkylation sites (tertiary alicyclic amines) is 1. The molecule has 1 aliphatic rings. The van der Waals surface area contributed by atoms with Gasteiger partial charge in [-0.3, -0.25) is 9.69 Å². The topological polar surface area (TPSA) is 49.4 Å². The van der Waals surface area contributed by atoms with Gasteiger partial charge in [-0.15, -0.1) is 0 Å².